The average Bonchev–Trinajstić information content (AvgIpc) is 3.63. The van der Waals surface area contributed by atoms with Crippen LogP contribution in [0.2, 0.25) is 0 Å². The van der Waals surface area contributed by atoms with Crippen LogP contribution >= 0.6 is 0 Å². The molecule has 6 heterocycles. The van der Waals surface area contributed by atoms with Gasteiger partial charge in [0.2, 0.25) is 0 Å². The van der Waals surface area contributed by atoms with Crippen molar-refractivity contribution >= 4 is 27.8 Å². The maximum atomic E-state index is 15.1. The van der Waals surface area contributed by atoms with Crippen LogP contribution in [0.25, 0.3) is 33.4 Å². The van der Waals surface area contributed by atoms with E-state index in [1.807, 2.05) is 18.3 Å². The second-order valence-electron chi connectivity index (χ2n) is 9.83. The third kappa shape index (κ3) is 3.78. The van der Waals surface area contributed by atoms with Crippen molar-refractivity contribution in [3.05, 3.63) is 42.0 Å². The summed E-state index contributed by atoms with van der Waals surface area (Å²) in [5.74, 6) is 1.65. The molecule has 182 valence electrons. The molecule has 4 aromatic rings. The molecule has 1 atom stereocenters. The van der Waals surface area contributed by atoms with Crippen LogP contribution in [0, 0.1) is 5.82 Å². The molecular weight excluding hydrogens is 447 g/mol. The van der Waals surface area contributed by atoms with Gasteiger partial charge in [-0.15, -0.1) is 0 Å². The highest BCUT2D eigenvalue weighted by molar-refractivity contribution is 5.96. The fourth-order valence-electron chi connectivity index (χ4n) is 5.90. The number of H-pyrrole nitrogens is 1. The zero-order chi connectivity index (χ0) is 23.4. The molecule has 0 saturated carbocycles. The lowest BCUT2D eigenvalue weighted by molar-refractivity contribution is 0.0945. The summed E-state index contributed by atoms with van der Waals surface area (Å²) in [4.78, 5) is 20.1. The molecule has 35 heavy (non-hydrogen) atoms. The molecule has 9 heteroatoms. The number of rotatable bonds is 4. The standard InChI is InChI=1S/C26H29FN6O2/c27-20-3-4-21-19(5-6-28-21)23(20)25-29-22-14-18(16-31-8-9-32-7-1-2-17(32)15-31)35-24(22)26(30-25)33-10-12-34-13-11-33/h3-6,14,17,28H,1-2,7-13,15-16H2/t17-/m0/s1. The number of anilines is 1. The van der Waals surface area contributed by atoms with E-state index in [1.165, 1.54) is 25.5 Å². The number of aromatic nitrogens is 3. The summed E-state index contributed by atoms with van der Waals surface area (Å²) in [6.07, 6.45) is 4.40. The van der Waals surface area contributed by atoms with Gasteiger partial charge in [-0.25, -0.2) is 14.4 Å². The lowest BCUT2D eigenvalue weighted by atomic mass is 10.1. The molecular formula is C26H29FN6O2. The van der Waals surface area contributed by atoms with Crippen LogP contribution in [-0.2, 0) is 11.3 Å². The number of nitrogens with zero attached hydrogens (tertiary/aromatic N) is 5. The molecule has 0 aliphatic carbocycles. The number of halogens is 1. The Bertz CT molecular complexity index is 1380. The van der Waals surface area contributed by atoms with Crippen molar-refractivity contribution in [3.63, 3.8) is 0 Å². The number of benzene rings is 1. The first-order chi connectivity index (χ1) is 17.2. The van der Waals surface area contributed by atoms with E-state index in [-0.39, 0.29) is 5.82 Å². The number of morpholine rings is 1. The summed E-state index contributed by atoms with van der Waals surface area (Å²) in [7, 11) is 0. The Kier molecular flexibility index (Phi) is 5.22. The molecule has 0 amide bonds. The highest BCUT2D eigenvalue weighted by atomic mass is 19.1. The zero-order valence-electron chi connectivity index (χ0n) is 19.7. The van der Waals surface area contributed by atoms with Crippen molar-refractivity contribution in [3.8, 4) is 11.4 Å². The van der Waals surface area contributed by atoms with E-state index in [2.05, 4.69) is 19.7 Å². The molecule has 0 unspecified atom stereocenters. The first-order valence-corrected chi connectivity index (χ1v) is 12.6. The second-order valence-corrected chi connectivity index (χ2v) is 9.83. The van der Waals surface area contributed by atoms with Crippen molar-refractivity contribution in [2.45, 2.75) is 25.4 Å². The monoisotopic (exact) mass is 476 g/mol. The third-order valence-electron chi connectivity index (χ3n) is 7.67. The van der Waals surface area contributed by atoms with Crippen LogP contribution in [0.1, 0.15) is 18.6 Å². The molecule has 0 radical (unpaired) electrons. The van der Waals surface area contributed by atoms with Crippen LogP contribution in [0.4, 0.5) is 10.2 Å². The van der Waals surface area contributed by atoms with Crippen LogP contribution in [-0.4, -0.2) is 83.3 Å². The predicted molar refractivity (Wildman–Crippen MR) is 132 cm³/mol. The largest absolute Gasteiger partial charge is 0.454 e. The number of aromatic amines is 1. The summed E-state index contributed by atoms with van der Waals surface area (Å²) >= 11 is 0. The summed E-state index contributed by atoms with van der Waals surface area (Å²) < 4.78 is 27.1. The van der Waals surface area contributed by atoms with Gasteiger partial charge in [-0.05, 0) is 37.6 Å². The number of hydrogen-bond acceptors (Lipinski definition) is 7. The van der Waals surface area contributed by atoms with Crippen LogP contribution in [0.15, 0.2) is 34.9 Å². The highest BCUT2D eigenvalue weighted by Gasteiger charge is 2.31. The number of piperazine rings is 1. The fourth-order valence-corrected chi connectivity index (χ4v) is 5.90. The van der Waals surface area contributed by atoms with E-state index in [0.29, 0.717) is 55.1 Å². The molecule has 0 bridgehead atoms. The minimum absolute atomic E-state index is 0.331. The van der Waals surface area contributed by atoms with Gasteiger partial charge >= 0.3 is 0 Å². The van der Waals surface area contributed by atoms with Crippen LogP contribution in [0.3, 0.4) is 0 Å². The molecule has 1 aromatic carbocycles. The molecule has 0 spiro atoms. The molecule has 3 aromatic heterocycles. The number of hydrogen-bond donors (Lipinski definition) is 1. The minimum Gasteiger partial charge on any atom is -0.454 e. The van der Waals surface area contributed by atoms with Crippen molar-refractivity contribution in [2.24, 2.45) is 0 Å². The van der Waals surface area contributed by atoms with Crippen molar-refractivity contribution in [1.82, 2.24) is 24.8 Å². The SMILES string of the molecule is Fc1ccc2[nH]ccc2c1-c1nc(N2CCOCC2)c2oc(CN3CCN4CCC[C@H]4C3)cc2n1. The first kappa shape index (κ1) is 21.3. The second kappa shape index (κ2) is 8.58. The Balaban J connectivity index is 1.30. The zero-order valence-corrected chi connectivity index (χ0v) is 19.7. The maximum Gasteiger partial charge on any atom is 0.195 e. The van der Waals surface area contributed by atoms with E-state index >= 15 is 4.39 Å². The van der Waals surface area contributed by atoms with Crippen molar-refractivity contribution in [2.75, 3.05) is 57.4 Å². The lowest BCUT2D eigenvalue weighted by Crippen LogP contribution is -2.49. The number of furan rings is 1. The quantitative estimate of drug-likeness (QED) is 0.482. The van der Waals surface area contributed by atoms with Gasteiger partial charge in [0.1, 0.15) is 17.1 Å². The van der Waals surface area contributed by atoms with Gasteiger partial charge < -0.3 is 19.0 Å². The topological polar surface area (TPSA) is 73.7 Å². The van der Waals surface area contributed by atoms with Crippen molar-refractivity contribution < 1.29 is 13.5 Å². The van der Waals surface area contributed by atoms with Gasteiger partial charge in [0.05, 0.1) is 25.3 Å². The number of nitrogens with one attached hydrogen (secondary N) is 1. The maximum absolute atomic E-state index is 15.1. The number of fused-ring (bicyclic) bond motifs is 3. The van der Waals surface area contributed by atoms with Crippen LogP contribution in [0.5, 0.6) is 0 Å². The molecule has 3 saturated heterocycles. The molecule has 8 nitrogen and oxygen atoms in total. The summed E-state index contributed by atoms with van der Waals surface area (Å²) in [6.45, 7) is 7.89. The summed E-state index contributed by atoms with van der Waals surface area (Å²) in [6, 6.07) is 7.77. The molecule has 3 aliphatic rings. The third-order valence-corrected chi connectivity index (χ3v) is 7.67. The fraction of sp³-hybridized carbons (Fsp3) is 0.462. The Morgan fingerprint density at radius 3 is 2.89 bits per heavy atom. The smallest absolute Gasteiger partial charge is 0.195 e. The minimum atomic E-state index is -0.331. The average molecular weight is 477 g/mol. The van der Waals surface area contributed by atoms with Gasteiger partial charge in [0, 0.05) is 61.9 Å². The molecule has 3 fully saturated rings. The Morgan fingerprint density at radius 2 is 1.97 bits per heavy atom. The number of ether oxygens (including phenoxy) is 1. The van der Waals surface area contributed by atoms with Crippen LogP contribution < -0.4 is 4.90 Å². The van der Waals surface area contributed by atoms with Gasteiger partial charge in [0.25, 0.3) is 0 Å². The predicted octanol–water partition coefficient (Wildman–Crippen LogP) is 3.63. The van der Waals surface area contributed by atoms with E-state index < -0.39 is 0 Å². The van der Waals surface area contributed by atoms with E-state index in [0.717, 1.165) is 48.4 Å². The van der Waals surface area contributed by atoms with Crippen molar-refractivity contribution in [1.29, 1.82) is 0 Å². The molecule has 3 aliphatic heterocycles. The van der Waals surface area contributed by atoms with Gasteiger partial charge in [-0.2, -0.15) is 0 Å². The van der Waals surface area contributed by atoms with Gasteiger partial charge in [-0.3, -0.25) is 9.80 Å². The molecule has 1 N–H and O–H groups in total. The highest BCUT2D eigenvalue weighted by Crippen LogP contribution is 2.35. The normalized spacial score (nSPS) is 21.9. The summed E-state index contributed by atoms with van der Waals surface area (Å²) in [5.41, 5.74) is 2.67. The van der Waals surface area contributed by atoms with Gasteiger partial charge in [-0.1, -0.05) is 0 Å². The van der Waals surface area contributed by atoms with E-state index in [4.69, 9.17) is 19.1 Å². The Labute approximate surface area is 202 Å². The Hall–Kier alpha value is -3.01. The van der Waals surface area contributed by atoms with Gasteiger partial charge in [0.15, 0.2) is 17.2 Å². The van der Waals surface area contributed by atoms with E-state index in [9.17, 15) is 0 Å². The first-order valence-electron chi connectivity index (χ1n) is 12.6. The summed E-state index contributed by atoms with van der Waals surface area (Å²) in [5, 5.41) is 0.774. The lowest BCUT2D eigenvalue weighted by Gasteiger charge is -2.37. The van der Waals surface area contributed by atoms with E-state index in [1.54, 1.807) is 6.07 Å². The Morgan fingerprint density at radius 1 is 1.06 bits per heavy atom. The molecule has 7 rings (SSSR count).